The summed E-state index contributed by atoms with van der Waals surface area (Å²) in [4.78, 5) is 11.9. The van der Waals surface area contributed by atoms with Gasteiger partial charge in [-0.15, -0.1) is 4.72 Å². The average molecular weight is 309 g/mol. The maximum atomic E-state index is 12.2. The Morgan fingerprint density at radius 2 is 1.76 bits per heavy atom. The van der Waals surface area contributed by atoms with Crippen molar-refractivity contribution in [1.82, 2.24) is 13.9 Å². The molecule has 1 N–H and O–H groups in total. The number of benzene rings is 1. The Balaban J connectivity index is 2.35. The van der Waals surface area contributed by atoms with E-state index in [1.165, 1.54) is 0 Å². The molecule has 2 unspecified atom stereocenters. The van der Waals surface area contributed by atoms with Gasteiger partial charge in [0.1, 0.15) is 4.75 Å². The summed E-state index contributed by atoms with van der Waals surface area (Å²) in [7, 11) is 3.53. The van der Waals surface area contributed by atoms with Gasteiger partial charge < -0.3 is 4.55 Å². The van der Waals surface area contributed by atoms with Crippen LogP contribution in [0.3, 0.4) is 0 Å². The molecule has 2 rings (SSSR count). The van der Waals surface area contributed by atoms with Gasteiger partial charge in [-0.25, -0.2) is 4.79 Å². The van der Waals surface area contributed by atoms with E-state index >= 15 is 0 Å². The molecule has 0 aliphatic carbocycles. The zero-order valence-corrected chi connectivity index (χ0v) is 14.2. The van der Waals surface area contributed by atoms with Crippen LogP contribution in [0.4, 0.5) is 0 Å². The number of hydrogen-bond acceptors (Lipinski definition) is 3. The number of aryl methyl sites for hydroxylation is 2. The van der Waals surface area contributed by atoms with Crippen molar-refractivity contribution in [2.45, 2.75) is 38.5 Å². The van der Waals surface area contributed by atoms with E-state index in [9.17, 15) is 9.35 Å². The topological polar surface area (TPSA) is 62.0 Å². The van der Waals surface area contributed by atoms with Crippen molar-refractivity contribution in [3.63, 3.8) is 0 Å². The molecule has 0 radical (unpaired) electrons. The number of rotatable bonds is 3. The van der Waals surface area contributed by atoms with Crippen molar-refractivity contribution in [3.05, 3.63) is 34.2 Å². The maximum Gasteiger partial charge on any atom is 0.328 e. The summed E-state index contributed by atoms with van der Waals surface area (Å²) in [6, 6.07) is 5.84. The maximum absolute atomic E-state index is 12.2. The van der Waals surface area contributed by atoms with E-state index < -0.39 is 11.4 Å². The summed E-state index contributed by atoms with van der Waals surface area (Å²) < 4.78 is 18.3. The summed E-state index contributed by atoms with van der Waals surface area (Å²) in [5.74, 6) is 0. The van der Waals surface area contributed by atoms with Gasteiger partial charge in [-0.3, -0.25) is 9.13 Å². The molecule has 1 aromatic carbocycles. The van der Waals surface area contributed by atoms with Crippen molar-refractivity contribution in [3.8, 4) is 0 Å². The number of aromatic nitrogens is 2. The van der Waals surface area contributed by atoms with Gasteiger partial charge in [-0.05, 0) is 45.4 Å². The molecular formula is C15H23N3O2S. The second kappa shape index (κ2) is 5.51. The third kappa shape index (κ3) is 3.02. The molecule has 1 aromatic heterocycles. The molecule has 0 fully saturated rings. The number of nitrogens with one attached hydrogen (secondary N) is 1. The van der Waals surface area contributed by atoms with E-state index in [1.54, 1.807) is 23.2 Å². The van der Waals surface area contributed by atoms with Crippen LogP contribution in [0, 0.1) is 0 Å². The van der Waals surface area contributed by atoms with Gasteiger partial charge in [0.25, 0.3) is 0 Å². The van der Waals surface area contributed by atoms with E-state index in [0.717, 1.165) is 16.6 Å². The number of nitrogens with zero attached hydrogens (tertiary/aromatic N) is 2. The molecule has 21 heavy (non-hydrogen) atoms. The van der Waals surface area contributed by atoms with Gasteiger partial charge >= 0.3 is 5.69 Å². The van der Waals surface area contributed by atoms with Crippen molar-refractivity contribution in [2.24, 2.45) is 14.1 Å². The Hall–Kier alpha value is -1.24. The predicted molar refractivity (Wildman–Crippen MR) is 87.6 cm³/mol. The van der Waals surface area contributed by atoms with Gasteiger partial charge in [0.05, 0.1) is 17.1 Å². The molecule has 0 amide bonds. The minimum atomic E-state index is -1.13. The monoisotopic (exact) mass is 309 g/mol. The van der Waals surface area contributed by atoms with Gasteiger partial charge in [0.2, 0.25) is 0 Å². The highest BCUT2D eigenvalue weighted by atomic mass is 32.2. The molecule has 0 bridgehead atoms. The highest BCUT2D eigenvalue weighted by Crippen LogP contribution is 2.22. The van der Waals surface area contributed by atoms with E-state index in [1.807, 2.05) is 45.9 Å². The lowest BCUT2D eigenvalue weighted by Crippen LogP contribution is -2.40. The highest BCUT2D eigenvalue weighted by molar-refractivity contribution is 7.90. The molecule has 0 spiro atoms. The van der Waals surface area contributed by atoms with Crippen molar-refractivity contribution >= 4 is 22.4 Å². The molecule has 6 heteroatoms. The Labute approximate surface area is 128 Å². The third-order valence-corrected chi connectivity index (χ3v) is 5.32. The Bertz CT molecular complexity index is 712. The van der Waals surface area contributed by atoms with Crippen LogP contribution in [0.2, 0.25) is 0 Å². The summed E-state index contributed by atoms with van der Waals surface area (Å²) in [5.41, 5.74) is 2.76. The van der Waals surface area contributed by atoms with E-state index in [-0.39, 0.29) is 16.5 Å². The van der Waals surface area contributed by atoms with Crippen molar-refractivity contribution < 1.29 is 4.55 Å². The van der Waals surface area contributed by atoms with Crippen LogP contribution in [0.25, 0.3) is 11.0 Å². The Morgan fingerprint density at radius 3 is 2.33 bits per heavy atom. The molecule has 0 saturated heterocycles. The number of imidazole rings is 1. The lowest BCUT2D eigenvalue weighted by molar-refractivity contribution is 0.531. The van der Waals surface area contributed by atoms with E-state index in [4.69, 9.17) is 0 Å². The zero-order chi connectivity index (χ0) is 15.9. The molecule has 5 nitrogen and oxygen atoms in total. The number of fused-ring (bicyclic) bond motifs is 1. The highest BCUT2D eigenvalue weighted by Gasteiger charge is 2.28. The summed E-state index contributed by atoms with van der Waals surface area (Å²) in [6.07, 6.45) is 0. The van der Waals surface area contributed by atoms with E-state index in [0.29, 0.717) is 0 Å². The minimum absolute atomic E-state index is 0.0407. The molecule has 0 aliphatic rings. The molecule has 116 valence electrons. The van der Waals surface area contributed by atoms with Gasteiger partial charge in [-0.1, -0.05) is 6.07 Å². The smallest absolute Gasteiger partial charge is 0.328 e. The Morgan fingerprint density at radius 1 is 1.19 bits per heavy atom. The average Bonchev–Trinajstić information content (AvgIpc) is 2.62. The lowest BCUT2D eigenvalue weighted by Gasteiger charge is -2.26. The summed E-state index contributed by atoms with van der Waals surface area (Å²) in [6.45, 7) is 7.79. The lowest BCUT2D eigenvalue weighted by atomic mass is 10.1. The van der Waals surface area contributed by atoms with Crippen LogP contribution in [-0.2, 0) is 25.5 Å². The standard InChI is InChI=1S/C15H23N3O2S/c1-10(16-21(20)15(2,3)4)11-7-8-12-13(9-11)18(6)14(19)17(12)5/h7-10,16H,1-6H3. The molecule has 2 atom stereocenters. The fraction of sp³-hybridized carbons (Fsp3) is 0.533. The second-order valence-electron chi connectivity index (χ2n) is 6.37. The van der Waals surface area contributed by atoms with Crippen LogP contribution in [0.15, 0.2) is 23.0 Å². The van der Waals surface area contributed by atoms with Crippen LogP contribution in [0.5, 0.6) is 0 Å². The van der Waals surface area contributed by atoms with Gasteiger partial charge in [-0.2, -0.15) is 0 Å². The van der Waals surface area contributed by atoms with Crippen LogP contribution >= 0.6 is 0 Å². The normalized spacial score (nSPS) is 15.4. The SMILES string of the molecule is CC(N[S+]([O-])C(C)(C)C)c1ccc2c(c1)n(C)c(=O)n2C. The summed E-state index contributed by atoms with van der Waals surface area (Å²) >= 11 is -1.13. The van der Waals surface area contributed by atoms with E-state index in [2.05, 4.69) is 4.72 Å². The second-order valence-corrected chi connectivity index (χ2v) is 8.37. The minimum Gasteiger partial charge on any atom is -0.598 e. The fourth-order valence-corrected chi connectivity index (χ4v) is 3.01. The molecular weight excluding hydrogens is 286 g/mol. The van der Waals surface area contributed by atoms with Gasteiger partial charge in [0, 0.05) is 25.5 Å². The first-order chi connectivity index (χ1) is 9.62. The third-order valence-electron chi connectivity index (χ3n) is 3.64. The fourth-order valence-electron chi connectivity index (χ4n) is 2.20. The van der Waals surface area contributed by atoms with Gasteiger partial charge in [0.15, 0.2) is 0 Å². The Kier molecular flexibility index (Phi) is 4.24. The first-order valence-electron chi connectivity index (χ1n) is 6.96. The quantitative estimate of drug-likeness (QED) is 0.882. The first-order valence-corrected chi connectivity index (χ1v) is 8.11. The predicted octanol–water partition coefficient (Wildman–Crippen LogP) is 1.99. The van der Waals surface area contributed by atoms with Crippen LogP contribution < -0.4 is 10.4 Å². The first kappa shape index (κ1) is 16.1. The van der Waals surface area contributed by atoms with Crippen LogP contribution in [-0.4, -0.2) is 18.4 Å². The zero-order valence-electron chi connectivity index (χ0n) is 13.4. The molecule has 1 heterocycles. The summed E-state index contributed by atoms with van der Waals surface area (Å²) in [5, 5.41) is 0. The largest absolute Gasteiger partial charge is 0.598 e. The van der Waals surface area contributed by atoms with Crippen molar-refractivity contribution in [2.75, 3.05) is 0 Å². The molecule has 0 saturated carbocycles. The number of hydrogen-bond donors (Lipinski definition) is 1. The van der Waals surface area contributed by atoms with Crippen LogP contribution in [0.1, 0.15) is 39.3 Å². The molecule has 0 aliphatic heterocycles. The molecule has 2 aromatic rings. The van der Waals surface area contributed by atoms with Crippen molar-refractivity contribution in [1.29, 1.82) is 0 Å².